The number of aliphatic hydroxyl groups excluding tert-OH is 1. The molecule has 386 valence electrons. The molecule has 0 saturated heterocycles. The molecule has 0 bridgehead atoms. The van der Waals surface area contributed by atoms with Gasteiger partial charge in [0.25, 0.3) is 0 Å². The molecule has 0 fully saturated rings. The van der Waals surface area contributed by atoms with Gasteiger partial charge in [0.05, 0.1) is 18.0 Å². The lowest BCUT2D eigenvalue weighted by Gasteiger charge is -2.22. The quantitative estimate of drug-likeness (QED) is 0.0857. The SMILES string of the molecule is CC.CC.CC.CC.CC(=O)Cl.CCN(CC)c1ccc(Nc2cc(-c3cccc(-c4ccccc4)c3)ncn2)cc1.CCN(CCO)c1ccc(Nc2cc(-c3cccc(-c4ccccc4)c3)ncn2)cc1. The summed E-state index contributed by atoms with van der Waals surface area (Å²) in [5.74, 6) is 1.52. The molecule has 0 atom stereocenters. The van der Waals surface area contributed by atoms with Crippen LogP contribution >= 0.6 is 11.6 Å². The number of aromatic nitrogens is 4. The highest BCUT2D eigenvalue weighted by molar-refractivity contribution is 6.62. The van der Waals surface area contributed by atoms with Gasteiger partial charge in [-0.25, -0.2) is 19.9 Å². The summed E-state index contributed by atoms with van der Waals surface area (Å²) >= 11 is 4.64. The number of carbonyl (C=O) groups is 1. The minimum atomic E-state index is -0.361. The fourth-order valence-corrected chi connectivity index (χ4v) is 7.13. The van der Waals surface area contributed by atoms with Gasteiger partial charge in [0.15, 0.2) is 0 Å². The topological polar surface area (TPSA) is 119 Å². The molecule has 0 saturated carbocycles. The molecule has 0 unspecified atom stereocenters. The Morgan fingerprint density at radius 1 is 0.452 bits per heavy atom. The maximum atomic E-state index is 9.21. The molecule has 0 aliphatic heterocycles. The number of likely N-dealkylation sites (N-methyl/N-ethyl adjacent to an activating group) is 1. The molecule has 0 amide bonds. The van der Waals surface area contributed by atoms with E-state index in [1.807, 2.05) is 116 Å². The van der Waals surface area contributed by atoms with Crippen molar-refractivity contribution in [2.75, 3.05) is 53.2 Å². The molecule has 11 heteroatoms. The van der Waals surface area contributed by atoms with Crippen LogP contribution in [0.25, 0.3) is 44.8 Å². The summed E-state index contributed by atoms with van der Waals surface area (Å²) < 4.78 is 0. The van der Waals surface area contributed by atoms with E-state index in [1.54, 1.807) is 12.7 Å². The molecule has 0 aliphatic carbocycles. The molecule has 8 rings (SSSR count). The van der Waals surface area contributed by atoms with Crippen LogP contribution < -0.4 is 20.4 Å². The van der Waals surface area contributed by atoms with Crippen LogP contribution in [0.4, 0.5) is 34.4 Å². The van der Waals surface area contributed by atoms with E-state index in [4.69, 9.17) is 0 Å². The number of rotatable bonds is 15. The van der Waals surface area contributed by atoms with Crippen LogP contribution in [0.3, 0.4) is 0 Å². The van der Waals surface area contributed by atoms with E-state index in [0.29, 0.717) is 6.54 Å². The Balaban J connectivity index is 0.000000414. The van der Waals surface area contributed by atoms with Gasteiger partial charge >= 0.3 is 0 Å². The van der Waals surface area contributed by atoms with Crippen molar-refractivity contribution in [3.05, 3.63) is 183 Å². The number of hydrogen-bond acceptors (Lipinski definition) is 10. The van der Waals surface area contributed by atoms with Crippen molar-refractivity contribution in [3.63, 3.8) is 0 Å². The van der Waals surface area contributed by atoms with Gasteiger partial charge < -0.3 is 25.5 Å². The zero-order chi connectivity index (χ0) is 53.8. The van der Waals surface area contributed by atoms with Crippen molar-refractivity contribution in [2.45, 2.75) is 83.1 Å². The van der Waals surface area contributed by atoms with Crippen molar-refractivity contribution < 1.29 is 9.90 Å². The number of nitrogens with zero attached hydrogens (tertiary/aromatic N) is 6. The van der Waals surface area contributed by atoms with E-state index in [2.05, 4.69) is 182 Å². The largest absolute Gasteiger partial charge is 0.395 e. The molecule has 8 aromatic rings. The summed E-state index contributed by atoms with van der Waals surface area (Å²) in [4.78, 5) is 31.4. The van der Waals surface area contributed by atoms with Crippen molar-refractivity contribution in [1.82, 2.24) is 19.9 Å². The van der Waals surface area contributed by atoms with Crippen LogP contribution in [0, 0.1) is 0 Å². The Bertz CT molecular complexity index is 2680. The Labute approximate surface area is 442 Å². The maximum Gasteiger partial charge on any atom is 0.218 e. The Hall–Kier alpha value is -7.40. The lowest BCUT2D eigenvalue weighted by molar-refractivity contribution is -0.109. The Morgan fingerprint density at radius 3 is 1.12 bits per heavy atom. The summed E-state index contributed by atoms with van der Waals surface area (Å²) in [6.07, 6.45) is 3.19. The van der Waals surface area contributed by atoms with Crippen molar-refractivity contribution in [1.29, 1.82) is 0 Å². The highest BCUT2D eigenvalue weighted by Gasteiger charge is 2.09. The lowest BCUT2D eigenvalue weighted by atomic mass is 10.0. The van der Waals surface area contributed by atoms with Gasteiger partial charge in [0.2, 0.25) is 5.24 Å². The Morgan fingerprint density at radius 2 is 0.781 bits per heavy atom. The first-order valence-electron chi connectivity index (χ1n) is 25.7. The summed E-state index contributed by atoms with van der Waals surface area (Å²) in [6, 6.07) is 58.1. The zero-order valence-corrected chi connectivity index (χ0v) is 46.0. The first-order chi connectivity index (χ1) is 35.8. The van der Waals surface area contributed by atoms with Crippen LogP contribution in [0.5, 0.6) is 0 Å². The molecule has 6 aromatic carbocycles. The summed E-state index contributed by atoms with van der Waals surface area (Å²) in [5.41, 5.74) is 12.9. The summed E-state index contributed by atoms with van der Waals surface area (Å²) in [6.45, 7) is 27.3. The summed E-state index contributed by atoms with van der Waals surface area (Å²) in [5, 5.41) is 15.6. The maximum absolute atomic E-state index is 9.21. The van der Waals surface area contributed by atoms with E-state index in [1.165, 1.54) is 29.3 Å². The van der Waals surface area contributed by atoms with Crippen LogP contribution in [-0.4, -0.2) is 63.1 Å². The second kappa shape index (κ2) is 36.5. The van der Waals surface area contributed by atoms with Gasteiger partial charge in [0, 0.05) is 79.1 Å². The third-order valence-corrected chi connectivity index (χ3v) is 10.4. The number of anilines is 6. The normalized spacial score (nSPS) is 9.56. The van der Waals surface area contributed by atoms with E-state index >= 15 is 0 Å². The Kier molecular flexibility index (Phi) is 30.9. The molecule has 0 radical (unpaired) electrons. The predicted octanol–water partition coefficient (Wildman–Crippen LogP) is 16.6. The molecule has 10 nitrogen and oxygen atoms in total. The number of benzene rings is 6. The van der Waals surface area contributed by atoms with Gasteiger partial charge in [-0.05, 0) is 115 Å². The van der Waals surface area contributed by atoms with Gasteiger partial charge in [-0.3, -0.25) is 4.79 Å². The van der Waals surface area contributed by atoms with Crippen molar-refractivity contribution in [3.8, 4) is 44.8 Å². The summed E-state index contributed by atoms with van der Waals surface area (Å²) in [7, 11) is 0. The average molecular weight is 1000 g/mol. The molecule has 0 spiro atoms. The number of nitrogens with one attached hydrogen (secondary N) is 2. The van der Waals surface area contributed by atoms with Gasteiger partial charge in [-0.1, -0.05) is 152 Å². The number of halogens is 1. The van der Waals surface area contributed by atoms with E-state index in [-0.39, 0.29) is 11.8 Å². The number of hydrogen-bond donors (Lipinski definition) is 3. The molecular weight excluding hydrogens is 924 g/mol. The minimum absolute atomic E-state index is 0.142. The van der Waals surface area contributed by atoms with E-state index in [9.17, 15) is 9.90 Å². The predicted molar refractivity (Wildman–Crippen MR) is 316 cm³/mol. The lowest BCUT2D eigenvalue weighted by Crippen LogP contribution is -2.25. The second-order valence-electron chi connectivity index (χ2n) is 14.8. The van der Waals surface area contributed by atoms with Crippen LogP contribution in [0.1, 0.15) is 83.1 Å². The van der Waals surface area contributed by atoms with Crippen LogP contribution in [0.2, 0.25) is 0 Å². The molecule has 2 aromatic heterocycles. The fraction of sp³-hybridized carbons (Fsp3) is 0.274. The van der Waals surface area contributed by atoms with Gasteiger partial charge in [-0.15, -0.1) is 0 Å². The number of carbonyl (C=O) groups excluding carboxylic acids is 1. The third kappa shape index (κ3) is 21.1. The van der Waals surface area contributed by atoms with Gasteiger partial charge in [0.1, 0.15) is 24.3 Å². The standard InChI is InChI=1S/C26H26N4O.C26H26N4.C2H3ClO.4C2H6/c1-2-30(15-16-31)24-13-11-23(12-14-24)29-26-18-25(27-19-28-26)22-10-6-9-21(17-22)20-7-4-3-5-8-20;1-3-30(4-2)24-15-13-23(14-16-24)29-26-18-25(27-19-28-26)22-12-8-11-21(17-22)20-9-6-5-7-10-20;1-2(3)4;4*1-2/h3-14,17-19,31H,2,15-16H2,1H3,(H,27,28,29);5-19H,3-4H2,1-2H3,(H,27,28,29);1H3;4*1-2H3. The minimum Gasteiger partial charge on any atom is -0.395 e. The third-order valence-electron chi connectivity index (χ3n) is 10.4. The van der Waals surface area contributed by atoms with E-state index in [0.717, 1.165) is 76.4 Å². The van der Waals surface area contributed by atoms with E-state index < -0.39 is 0 Å². The van der Waals surface area contributed by atoms with Crippen LogP contribution in [0.15, 0.2) is 183 Å². The first-order valence-corrected chi connectivity index (χ1v) is 26.1. The molecule has 2 heterocycles. The van der Waals surface area contributed by atoms with Crippen molar-refractivity contribution >= 4 is 51.2 Å². The smallest absolute Gasteiger partial charge is 0.218 e. The highest BCUT2D eigenvalue weighted by Crippen LogP contribution is 2.29. The highest BCUT2D eigenvalue weighted by atomic mass is 35.5. The van der Waals surface area contributed by atoms with Crippen molar-refractivity contribution in [2.24, 2.45) is 0 Å². The molecular formula is C62H79ClN8O2. The zero-order valence-electron chi connectivity index (χ0n) is 45.3. The molecule has 73 heavy (non-hydrogen) atoms. The van der Waals surface area contributed by atoms with Crippen LogP contribution in [-0.2, 0) is 4.79 Å². The fourth-order valence-electron chi connectivity index (χ4n) is 7.13. The molecule has 0 aliphatic rings. The average Bonchev–Trinajstić information content (AvgIpc) is 3.46. The first kappa shape index (κ1) is 61.7. The van der Waals surface area contributed by atoms with Gasteiger partial charge in [-0.2, -0.15) is 0 Å². The monoisotopic (exact) mass is 1000 g/mol. The second-order valence-corrected chi connectivity index (χ2v) is 15.3. The number of aliphatic hydroxyl groups is 1. The molecule has 3 N–H and O–H groups in total.